The molecule has 8 heteroatoms. The van der Waals surface area contributed by atoms with E-state index in [1.54, 1.807) is 0 Å². The van der Waals surface area contributed by atoms with Crippen LogP contribution in [0.5, 0.6) is 5.88 Å². The molecule has 156 valence electrons. The van der Waals surface area contributed by atoms with E-state index in [-0.39, 0.29) is 18.1 Å². The van der Waals surface area contributed by atoms with Crippen LogP contribution in [0.15, 0.2) is 6.08 Å². The van der Waals surface area contributed by atoms with Crippen molar-refractivity contribution in [3.63, 3.8) is 0 Å². The molecule has 7 nitrogen and oxygen atoms in total. The number of esters is 1. The number of quaternary nitrogens is 1. The molecule has 2 aliphatic rings. The second-order valence-corrected chi connectivity index (χ2v) is 8.51. The van der Waals surface area contributed by atoms with Crippen LogP contribution in [0, 0.1) is 5.92 Å². The van der Waals surface area contributed by atoms with Crippen LogP contribution in [0.3, 0.4) is 0 Å². The smallest absolute Gasteiger partial charge is 0.318 e. The molecule has 0 bridgehead atoms. The van der Waals surface area contributed by atoms with Crippen molar-refractivity contribution in [1.82, 2.24) is 8.75 Å². The van der Waals surface area contributed by atoms with Crippen LogP contribution in [0.25, 0.3) is 5.57 Å². The van der Waals surface area contributed by atoms with Gasteiger partial charge in [0.1, 0.15) is 18.2 Å². The van der Waals surface area contributed by atoms with E-state index in [2.05, 4.69) is 28.8 Å². The van der Waals surface area contributed by atoms with Crippen LogP contribution < -0.4 is 4.74 Å². The van der Waals surface area contributed by atoms with E-state index >= 15 is 0 Å². The summed E-state index contributed by atoms with van der Waals surface area (Å²) in [5, 5.41) is 0. The molecule has 3 heterocycles. The van der Waals surface area contributed by atoms with E-state index in [9.17, 15) is 4.79 Å². The molecule has 0 amide bonds. The number of carbonyl (C=O) groups excluding carboxylic acids is 1. The van der Waals surface area contributed by atoms with Crippen molar-refractivity contribution in [3.8, 4) is 5.88 Å². The van der Waals surface area contributed by atoms with Crippen LogP contribution in [-0.2, 0) is 14.3 Å². The number of likely N-dealkylation sites (N-methyl/N-ethyl adjacent to an activating group) is 1. The van der Waals surface area contributed by atoms with Gasteiger partial charge in [0.2, 0.25) is 6.23 Å². The fourth-order valence-corrected chi connectivity index (χ4v) is 4.01. The molecular weight excluding hydrogens is 378 g/mol. The van der Waals surface area contributed by atoms with Gasteiger partial charge in [-0.15, -0.1) is 4.37 Å². The molecule has 28 heavy (non-hydrogen) atoms. The van der Waals surface area contributed by atoms with Crippen LogP contribution >= 0.6 is 11.7 Å². The minimum absolute atomic E-state index is 0.107. The molecule has 3 rings (SSSR count). The summed E-state index contributed by atoms with van der Waals surface area (Å²) in [5.41, 5.74) is 1.97. The highest BCUT2D eigenvalue weighted by Crippen LogP contribution is 2.32. The van der Waals surface area contributed by atoms with Crippen molar-refractivity contribution in [3.05, 3.63) is 11.8 Å². The zero-order chi connectivity index (χ0) is 20.0. The third-order valence-electron chi connectivity index (χ3n) is 5.70. The Hall–Kier alpha value is -1.51. The van der Waals surface area contributed by atoms with Crippen molar-refractivity contribution < 1.29 is 23.5 Å². The monoisotopic (exact) mass is 410 g/mol. The van der Waals surface area contributed by atoms with Crippen LogP contribution in [0.1, 0.15) is 51.6 Å². The van der Waals surface area contributed by atoms with Gasteiger partial charge in [0, 0.05) is 18.9 Å². The number of aromatic nitrogens is 2. The van der Waals surface area contributed by atoms with Gasteiger partial charge in [-0.25, -0.2) is 0 Å². The number of hydrogen-bond acceptors (Lipinski definition) is 7. The first-order chi connectivity index (χ1) is 13.5. The molecule has 0 aromatic carbocycles. The largest absolute Gasteiger partial charge is 0.475 e. The molecule has 0 aliphatic carbocycles. The lowest BCUT2D eigenvalue weighted by molar-refractivity contribution is -0.944. The Morgan fingerprint density at radius 3 is 2.89 bits per heavy atom. The molecule has 1 aromatic rings. The maximum Gasteiger partial charge on any atom is 0.318 e. The molecule has 0 spiro atoms. The zero-order valence-electron chi connectivity index (χ0n) is 17.2. The molecule has 0 saturated carbocycles. The lowest BCUT2D eigenvalue weighted by Gasteiger charge is -2.42. The topological polar surface area (TPSA) is 70.5 Å². The summed E-state index contributed by atoms with van der Waals surface area (Å²) in [5.74, 6) is 0.377. The zero-order valence-corrected chi connectivity index (χ0v) is 18.0. The number of rotatable bonds is 10. The van der Waals surface area contributed by atoms with E-state index in [1.807, 2.05) is 6.92 Å². The first-order valence-corrected chi connectivity index (χ1v) is 11.0. The van der Waals surface area contributed by atoms with Crippen LogP contribution in [0.4, 0.5) is 0 Å². The Labute approximate surface area is 171 Å². The molecule has 1 fully saturated rings. The Kier molecular flexibility index (Phi) is 7.42. The lowest BCUT2D eigenvalue weighted by atomic mass is 10.0. The summed E-state index contributed by atoms with van der Waals surface area (Å²) in [7, 11) is 2.13. The van der Waals surface area contributed by atoms with Crippen molar-refractivity contribution >= 4 is 23.3 Å². The van der Waals surface area contributed by atoms with E-state index in [0.29, 0.717) is 30.2 Å². The van der Waals surface area contributed by atoms with E-state index < -0.39 is 0 Å². The highest BCUT2D eigenvalue weighted by Gasteiger charge is 2.39. The molecular formula is C20H32N3O4S+. The fourth-order valence-electron chi connectivity index (χ4n) is 3.48. The van der Waals surface area contributed by atoms with E-state index in [1.165, 1.54) is 31.0 Å². The Balaban J connectivity index is 1.59. The van der Waals surface area contributed by atoms with Crippen molar-refractivity contribution in [1.29, 1.82) is 0 Å². The summed E-state index contributed by atoms with van der Waals surface area (Å²) >= 11 is 1.19. The summed E-state index contributed by atoms with van der Waals surface area (Å²) in [6, 6.07) is 0. The summed E-state index contributed by atoms with van der Waals surface area (Å²) in [6.07, 6.45) is 7.56. The number of hydrogen-bond donors (Lipinski definition) is 0. The maximum atomic E-state index is 12.2. The average molecular weight is 411 g/mol. The molecule has 1 unspecified atom stereocenters. The van der Waals surface area contributed by atoms with Crippen molar-refractivity contribution in [2.24, 2.45) is 5.92 Å². The Morgan fingerprint density at radius 2 is 2.18 bits per heavy atom. The van der Waals surface area contributed by atoms with Gasteiger partial charge in [0.05, 0.1) is 45.1 Å². The quantitative estimate of drug-likeness (QED) is 0.335. The van der Waals surface area contributed by atoms with Gasteiger partial charge in [-0.1, -0.05) is 32.3 Å². The lowest BCUT2D eigenvalue weighted by Crippen LogP contribution is -2.56. The van der Waals surface area contributed by atoms with Crippen LogP contribution in [-0.4, -0.2) is 65.4 Å². The Morgan fingerprint density at radius 1 is 1.36 bits per heavy atom. The number of ether oxygens (including phenoxy) is 3. The summed E-state index contributed by atoms with van der Waals surface area (Å²) in [4.78, 5) is 12.2. The third-order valence-corrected chi connectivity index (χ3v) is 6.21. The molecule has 0 N–H and O–H groups in total. The molecule has 2 atom stereocenters. The van der Waals surface area contributed by atoms with Gasteiger partial charge in [-0.3, -0.25) is 9.28 Å². The standard InChI is InChI=1S/C20H32N3O4S/c1-4-5-6-7-11-26-19-18(21-28-22-19)16-9-8-10-23(3,12-16)15(2)27-20(24)17-13-25-14-17/h9,15,17H,4-8,10-14H2,1-3H3/q+1/t15-,23?/m1/s1. The minimum Gasteiger partial charge on any atom is -0.475 e. The molecule has 2 aliphatic heterocycles. The SMILES string of the molecule is CCCCCCOc1nsnc1C1=CCC[N+](C)([C@@H](C)OC(=O)C2COC2)C1. The van der Waals surface area contributed by atoms with Gasteiger partial charge in [-0.05, 0) is 6.42 Å². The molecule has 1 saturated heterocycles. The Bertz CT molecular complexity index is 689. The van der Waals surface area contributed by atoms with Crippen molar-refractivity contribution in [2.45, 2.75) is 52.2 Å². The maximum absolute atomic E-state index is 12.2. The summed E-state index contributed by atoms with van der Waals surface area (Å²) < 4.78 is 26.3. The van der Waals surface area contributed by atoms with Gasteiger partial charge in [-0.2, -0.15) is 4.37 Å². The first kappa shape index (κ1) is 21.2. The predicted molar refractivity (Wildman–Crippen MR) is 108 cm³/mol. The first-order valence-electron chi connectivity index (χ1n) is 10.3. The van der Waals surface area contributed by atoms with Crippen molar-refractivity contribution in [2.75, 3.05) is 40.0 Å². The van der Waals surface area contributed by atoms with Gasteiger partial charge < -0.3 is 14.2 Å². The second kappa shape index (κ2) is 9.80. The fraction of sp³-hybridized carbons (Fsp3) is 0.750. The summed E-state index contributed by atoms with van der Waals surface area (Å²) in [6.45, 7) is 7.47. The highest BCUT2D eigenvalue weighted by molar-refractivity contribution is 6.99. The third kappa shape index (κ3) is 5.10. The van der Waals surface area contributed by atoms with Crippen LogP contribution in [0.2, 0.25) is 0 Å². The number of unbranched alkanes of at least 4 members (excludes halogenated alkanes) is 3. The van der Waals surface area contributed by atoms with Gasteiger partial charge in [0.15, 0.2) is 0 Å². The van der Waals surface area contributed by atoms with Gasteiger partial charge in [0.25, 0.3) is 5.88 Å². The second-order valence-electron chi connectivity index (χ2n) is 7.98. The van der Waals surface area contributed by atoms with Gasteiger partial charge >= 0.3 is 5.97 Å². The normalized spacial score (nSPS) is 23.6. The molecule has 1 aromatic heterocycles. The van der Waals surface area contributed by atoms with E-state index in [4.69, 9.17) is 14.2 Å². The molecule has 0 radical (unpaired) electrons. The highest BCUT2D eigenvalue weighted by atomic mass is 32.1. The van der Waals surface area contributed by atoms with E-state index in [0.717, 1.165) is 37.2 Å². The average Bonchev–Trinajstić information content (AvgIpc) is 3.08. The number of carbonyl (C=O) groups is 1. The number of nitrogens with zero attached hydrogens (tertiary/aromatic N) is 3. The minimum atomic E-state index is -0.221. The predicted octanol–water partition coefficient (Wildman–Crippen LogP) is 3.27.